The molecule has 16 heteroatoms. The van der Waals surface area contributed by atoms with Crippen LogP contribution in [0.2, 0.25) is 18.5 Å². The maximum Gasteiger partial charge on any atom is 0.143 e. The first-order valence-electron chi connectivity index (χ1n) is 24.7. The predicted molar refractivity (Wildman–Crippen MR) is 286 cm³/mol. The number of rotatable bonds is 21. The van der Waals surface area contributed by atoms with Crippen LogP contribution in [0.4, 0.5) is 0 Å². The Bertz CT molecular complexity index is 2860. The molecule has 0 saturated heterocycles. The summed E-state index contributed by atoms with van der Waals surface area (Å²) < 4.78 is 6.16. The van der Waals surface area contributed by atoms with E-state index in [1.54, 1.807) is 77.9 Å². The molecule has 0 bridgehead atoms. The Kier molecular flexibility index (Phi) is 22.0. The Hall–Kier alpha value is -6.65. The smallest absolute Gasteiger partial charge is 0.143 e. The van der Waals surface area contributed by atoms with Crippen LogP contribution in [0, 0.1) is 13.8 Å². The first-order chi connectivity index (χ1) is 35.1. The van der Waals surface area contributed by atoms with Crippen molar-refractivity contribution in [1.29, 1.82) is 0 Å². The molecule has 0 aliphatic carbocycles. The van der Waals surface area contributed by atoms with E-state index in [-0.39, 0.29) is 24.4 Å². The van der Waals surface area contributed by atoms with Crippen LogP contribution in [-0.4, -0.2) is 90.2 Å². The number of ketones is 2. The van der Waals surface area contributed by atoms with Gasteiger partial charge < -0.3 is 0 Å². The second-order valence-corrected chi connectivity index (χ2v) is 31.5. The molecule has 0 radical (unpaired) electrons. The molecule has 14 nitrogen and oxygen atoms in total. The third kappa shape index (κ3) is 17.0. The zero-order valence-corrected chi connectivity index (χ0v) is 45.6. The minimum atomic E-state index is -2.20. The van der Waals surface area contributed by atoms with Crippen molar-refractivity contribution in [3.8, 4) is 33.8 Å². The SMILES string of the molecule is CCC[CH2][Sn]([CH2]CCC)([CH2]CCC)[c]1ccnnc1.Cc1cc(CC(=O)Cc2ccc(-c3cnccn3)cn2)cnc1-c1ccnnc1.Cc1cc(CC(=O)Cc2ccc(-c3cnccn3)cn2)cnc1Cl. The fourth-order valence-electron chi connectivity index (χ4n) is 8.38. The van der Waals surface area contributed by atoms with E-state index < -0.39 is 18.4 Å². The monoisotopic (exact) mass is 1090 g/mol. The summed E-state index contributed by atoms with van der Waals surface area (Å²) in [5.41, 5.74) is 10.1. The molecule has 0 spiro atoms. The van der Waals surface area contributed by atoms with E-state index >= 15 is 0 Å². The van der Waals surface area contributed by atoms with E-state index in [0.717, 1.165) is 67.4 Å². The number of nitrogens with zero attached hydrogens (tertiary/aromatic N) is 12. The molecule has 0 aliphatic heterocycles. The summed E-state index contributed by atoms with van der Waals surface area (Å²) in [7, 11) is 0. The first kappa shape index (κ1) is 54.7. The molecule has 0 atom stereocenters. The number of aryl methyl sites for hydroxylation is 2. The number of Topliss-reactive ketones (excluding diaryl/α,β-unsaturated/α-hetero) is 2. The van der Waals surface area contributed by atoms with Gasteiger partial charge in [-0.1, -0.05) is 23.7 Å². The van der Waals surface area contributed by atoms with Crippen molar-refractivity contribution in [1.82, 2.24) is 60.3 Å². The Balaban J connectivity index is 0.000000181. The summed E-state index contributed by atoms with van der Waals surface area (Å²) in [6.07, 6.45) is 33.4. The average Bonchev–Trinajstić information content (AvgIpc) is 3.41. The Morgan fingerprint density at radius 1 is 0.472 bits per heavy atom. The van der Waals surface area contributed by atoms with E-state index in [4.69, 9.17) is 11.6 Å². The zero-order valence-electron chi connectivity index (χ0n) is 42.0. The predicted octanol–water partition coefficient (Wildman–Crippen LogP) is 10.8. The quantitative estimate of drug-likeness (QED) is 0.0488. The van der Waals surface area contributed by atoms with Crippen LogP contribution in [0.1, 0.15) is 92.9 Å². The van der Waals surface area contributed by atoms with Crippen molar-refractivity contribution >= 4 is 45.1 Å². The summed E-state index contributed by atoms with van der Waals surface area (Å²) in [6.45, 7) is 10.8. The molecule has 72 heavy (non-hydrogen) atoms. The standard InChI is InChI=1S/C22H18N6O.C18H15ClN4O.C4H3N2.3C4H9.Sn/c1-15-8-16(11-26-22(15)18-4-5-27-28-13-18)9-20(29)10-19-3-2-17(12-25-19)21-14-23-6-7-24-21;1-12-6-13(9-23-18(12)19)7-16(24)8-15-3-2-14(10-22-15)17-11-20-4-5-21-17;1-2-4-6-5-3-1;3*1-3-4-2;/h2-8,11-14H,9-10H2,1H3;2-6,9-11H,7-8H2,1H3;1,3-4H;3*1,3-4H2,2H3;. The number of hydrogen-bond acceptors (Lipinski definition) is 14. The Labute approximate surface area is 432 Å². The summed E-state index contributed by atoms with van der Waals surface area (Å²) in [4.78, 5) is 58.6. The van der Waals surface area contributed by atoms with E-state index in [1.165, 1.54) is 51.8 Å². The fourth-order valence-corrected chi connectivity index (χ4v) is 24.1. The van der Waals surface area contributed by atoms with E-state index in [0.29, 0.717) is 18.0 Å². The van der Waals surface area contributed by atoms with Crippen molar-refractivity contribution < 1.29 is 9.59 Å². The van der Waals surface area contributed by atoms with Gasteiger partial charge in [0, 0.05) is 103 Å². The molecule has 8 heterocycles. The molecule has 0 N–H and O–H groups in total. The second kappa shape index (κ2) is 29.0. The van der Waals surface area contributed by atoms with Crippen LogP contribution in [-0.2, 0) is 35.3 Å². The topological polar surface area (TPSA) is 189 Å². The van der Waals surface area contributed by atoms with Gasteiger partial charge in [-0.25, -0.2) is 4.98 Å². The summed E-state index contributed by atoms with van der Waals surface area (Å²) >= 11 is 3.70. The summed E-state index contributed by atoms with van der Waals surface area (Å²) in [5, 5.41) is 16.3. The number of pyridine rings is 4. The number of unbranched alkanes of at least 4 members (excludes halogenated alkanes) is 3. The second-order valence-electron chi connectivity index (χ2n) is 17.9. The molecule has 8 aromatic heterocycles. The molecule has 8 aromatic rings. The van der Waals surface area contributed by atoms with E-state index in [1.807, 2.05) is 62.5 Å². The normalized spacial score (nSPS) is 10.9. The summed E-state index contributed by atoms with van der Waals surface area (Å²) in [6, 6.07) is 15.5. The van der Waals surface area contributed by atoms with Crippen molar-refractivity contribution in [2.45, 2.75) is 112 Å². The number of halogens is 1. The summed E-state index contributed by atoms with van der Waals surface area (Å²) in [5.74, 6) is 0.169. The van der Waals surface area contributed by atoms with Gasteiger partial charge in [0.2, 0.25) is 0 Å². The van der Waals surface area contributed by atoms with Gasteiger partial charge in [-0.3, -0.25) is 44.5 Å². The molecular formula is C56H63ClN12O2Sn. The molecule has 0 fully saturated rings. The van der Waals surface area contributed by atoms with Crippen LogP contribution in [0.5, 0.6) is 0 Å². The number of carbonyl (C=O) groups is 2. The van der Waals surface area contributed by atoms with Crippen molar-refractivity contribution in [2.75, 3.05) is 0 Å². The average molecular weight is 1090 g/mol. The first-order valence-corrected chi connectivity index (χ1v) is 32.5. The Morgan fingerprint density at radius 3 is 1.40 bits per heavy atom. The number of aromatic nitrogens is 12. The molecule has 0 amide bonds. The maximum atomic E-state index is 12.5. The molecular weight excluding hydrogens is 1030 g/mol. The van der Waals surface area contributed by atoms with E-state index in [2.05, 4.69) is 93.3 Å². The van der Waals surface area contributed by atoms with Crippen LogP contribution in [0.15, 0.2) is 135 Å². The van der Waals surface area contributed by atoms with Gasteiger partial charge in [0.1, 0.15) is 16.7 Å². The molecule has 0 aliphatic rings. The van der Waals surface area contributed by atoms with Crippen LogP contribution in [0.3, 0.4) is 0 Å². The largest absolute Gasteiger partial charge is 0.299 e. The van der Waals surface area contributed by atoms with Crippen molar-refractivity contribution in [3.63, 3.8) is 0 Å². The van der Waals surface area contributed by atoms with Crippen molar-refractivity contribution in [2.24, 2.45) is 0 Å². The molecule has 0 unspecified atom stereocenters. The zero-order chi connectivity index (χ0) is 51.0. The molecule has 0 aromatic carbocycles. The van der Waals surface area contributed by atoms with Gasteiger partial charge in [-0.2, -0.15) is 10.2 Å². The van der Waals surface area contributed by atoms with Gasteiger partial charge in [0.15, 0.2) is 0 Å². The minimum absolute atomic E-state index is 0.0817. The van der Waals surface area contributed by atoms with Gasteiger partial charge in [-0.15, -0.1) is 0 Å². The van der Waals surface area contributed by atoms with E-state index in [9.17, 15) is 9.59 Å². The maximum absolute atomic E-state index is 12.5. The van der Waals surface area contributed by atoms with Crippen LogP contribution < -0.4 is 3.58 Å². The van der Waals surface area contributed by atoms with Gasteiger partial charge in [0.25, 0.3) is 0 Å². The minimum Gasteiger partial charge on any atom is -0.299 e. The third-order valence-corrected chi connectivity index (χ3v) is 28.2. The number of hydrogen-bond donors (Lipinski definition) is 0. The van der Waals surface area contributed by atoms with Crippen molar-refractivity contribution in [3.05, 3.63) is 174 Å². The van der Waals surface area contributed by atoms with Gasteiger partial charge >= 0.3 is 123 Å². The van der Waals surface area contributed by atoms with Gasteiger partial charge in [0.05, 0.1) is 41.9 Å². The molecule has 0 saturated carbocycles. The third-order valence-electron chi connectivity index (χ3n) is 12.2. The Morgan fingerprint density at radius 2 is 0.986 bits per heavy atom. The van der Waals surface area contributed by atoms with Crippen LogP contribution in [0.25, 0.3) is 33.8 Å². The van der Waals surface area contributed by atoms with Crippen LogP contribution >= 0.6 is 11.6 Å². The molecule has 370 valence electrons. The fraction of sp³-hybridized carbons (Fsp3) is 0.321. The van der Waals surface area contributed by atoms with Gasteiger partial charge in [-0.05, 0) is 66.4 Å². The number of carbonyl (C=O) groups excluding carboxylic acids is 2. The molecule has 8 rings (SSSR count).